The van der Waals surface area contributed by atoms with Gasteiger partial charge in [-0.05, 0) is 43.4 Å². The summed E-state index contributed by atoms with van der Waals surface area (Å²) in [7, 11) is 0. The van der Waals surface area contributed by atoms with Crippen LogP contribution in [0.25, 0.3) is 5.69 Å². The van der Waals surface area contributed by atoms with E-state index in [2.05, 4.69) is 53.7 Å². The first kappa shape index (κ1) is 18.5. The first-order valence-electron chi connectivity index (χ1n) is 8.85. The Morgan fingerprint density at radius 2 is 1.88 bits per heavy atom. The molecule has 0 aliphatic heterocycles. The maximum atomic E-state index is 12.2. The van der Waals surface area contributed by atoms with Crippen molar-refractivity contribution < 1.29 is 9.59 Å². The average molecular weight is 372 g/mol. The fourth-order valence-corrected chi connectivity index (χ4v) is 3.35. The van der Waals surface area contributed by atoms with Gasteiger partial charge in [0.25, 0.3) is 0 Å². The van der Waals surface area contributed by atoms with Crippen molar-refractivity contribution in [2.24, 2.45) is 0 Å². The molecule has 1 aromatic heterocycles. The van der Waals surface area contributed by atoms with E-state index < -0.39 is 11.3 Å². The fraction of sp³-hybridized carbons (Fsp3) is 0.421. The van der Waals surface area contributed by atoms with E-state index in [-0.39, 0.29) is 11.9 Å². The molecule has 1 fully saturated rings. The van der Waals surface area contributed by atoms with Gasteiger partial charge in [0.15, 0.2) is 5.16 Å². The Balaban J connectivity index is 1.63. The number of urea groups is 1. The van der Waals surface area contributed by atoms with Crippen LogP contribution in [0.5, 0.6) is 0 Å². The van der Waals surface area contributed by atoms with Crippen molar-refractivity contribution in [3.63, 3.8) is 0 Å². The Morgan fingerprint density at radius 3 is 2.50 bits per heavy atom. The number of benzene rings is 1. The van der Waals surface area contributed by atoms with Crippen molar-refractivity contribution >= 4 is 23.7 Å². The summed E-state index contributed by atoms with van der Waals surface area (Å²) in [6.07, 6.45) is 5.55. The molecule has 1 atom stereocenters. The highest BCUT2D eigenvalue weighted by Gasteiger charge is 2.25. The molecule has 0 spiro atoms. The first-order chi connectivity index (χ1) is 12.4. The predicted octanol–water partition coefficient (Wildman–Crippen LogP) is 3.46. The van der Waals surface area contributed by atoms with Gasteiger partial charge in [0, 0.05) is 24.1 Å². The smallest absolute Gasteiger partial charge is 0.321 e. The van der Waals surface area contributed by atoms with Crippen LogP contribution in [0.4, 0.5) is 4.79 Å². The van der Waals surface area contributed by atoms with Crippen LogP contribution in [0.15, 0.2) is 41.8 Å². The van der Waals surface area contributed by atoms with Crippen LogP contribution in [-0.4, -0.2) is 32.8 Å². The highest BCUT2D eigenvalue weighted by molar-refractivity contribution is 8.00. The second-order valence-electron chi connectivity index (χ2n) is 6.82. The predicted molar refractivity (Wildman–Crippen MR) is 103 cm³/mol. The molecule has 1 aliphatic rings. The Hall–Kier alpha value is -2.28. The van der Waals surface area contributed by atoms with E-state index in [1.54, 1.807) is 13.1 Å². The maximum Gasteiger partial charge on any atom is 0.321 e. The highest BCUT2D eigenvalue weighted by Crippen LogP contribution is 2.26. The topological polar surface area (TPSA) is 76.0 Å². The van der Waals surface area contributed by atoms with Gasteiger partial charge >= 0.3 is 6.03 Å². The molecule has 7 heteroatoms. The molecule has 3 rings (SSSR count). The van der Waals surface area contributed by atoms with E-state index in [0.717, 1.165) is 18.5 Å². The van der Waals surface area contributed by atoms with Crippen LogP contribution in [0.2, 0.25) is 0 Å². The Kier molecular flexibility index (Phi) is 5.66. The summed E-state index contributed by atoms with van der Waals surface area (Å²) in [4.78, 5) is 28.3. The van der Waals surface area contributed by atoms with Gasteiger partial charge < -0.3 is 5.32 Å². The molecule has 1 unspecified atom stereocenters. The number of nitrogens with zero attached hydrogens (tertiary/aromatic N) is 2. The van der Waals surface area contributed by atoms with Crippen molar-refractivity contribution in [3.8, 4) is 5.69 Å². The van der Waals surface area contributed by atoms with Gasteiger partial charge in [-0.1, -0.05) is 37.7 Å². The van der Waals surface area contributed by atoms with E-state index in [4.69, 9.17) is 0 Å². The summed E-state index contributed by atoms with van der Waals surface area (Å²) in [5.41, 5.74) is 2.27. The number of rotatable bonds is 6. The molecule has 1 aromatic carbocycles. The number of thioether (sulfide) groups is 1. The van der Waals surface area contributed by atoms with Gasteiger partial charge in [0.05, 0.1) is 5.25 Å². The molecule has 138 valence electrons. The standard InChI is InChI=1S/C19H24N4O2S/c1-12(2)14-4-8-16(9-5-14)23-11-10-20-19(23)26-13(3)17(24)22-18(25)21-15-6-7-15/h4-5,8-13,15H,6-7H2,1-3H3,(H2,21,22,24,25). The van der Waals surface area contributed by atoms with Crippen LogP contribution in [0, 0.1) is 0 Å². The van der Waals surface area contributed by atoms with Crippen LogP contribution < -0.4 is 10.6 Å². The quantitative estimate of drug-likeness (QED) is 0.762. The molecule has 26 heavy (non-hydrogen) atoms. The summed E-state index contributed by atoms with van der Waals surface area (Å²) >= 11 is 1.33. The summed E-state index contributed by atoms with van der Waals surface area (Å²) in [6.45, 7) is 6.09. The number of hydrogen-bond acceptors (Lipinski definition) is 4. The fourth-order valence-electron chi connectivity index (χ4n) is 2.47. The summed E-state index contributed by atoms with van der Waals surface area (Å²) < 4.78 is 1.95. The largest absolute Gasteiger partial charge is 0.335 e. The zero-order valence-corrected chi connectivity index (χ0v) is 16.0. The summed E-state index contributed by atoms with van der Waals surface area (Å²) in [5.74, 6) is 0.157. The minimum Gasteiger partial charge on any atom is -0.335 e. The van der Waals surface area contributed by atoms with Gasteiger partial charge in [-0.15, -0.1) is 0 Å². The summed E-state index contributed by atoms with van der Waals surface area (Å²) in [5, 5.41) is 5.43. The molecular formula is C19H24N4O2S. The van der Waals surface area contributed by atoms with E-state index in [9.17, 15) is 9.59 Å². The van der Waals surface area contributed by atoms with Gasteiger partial charge in [-0.2, -0.15) is 0 Å². The number of imide groups is 1. The van der Waals surface area contributed by atoms with Gasteiger partial charge in [-0.25, -0.2) is 9.78 Å². The second-order valence-corrected chi connectivity index (χ2v) is 8.13. The third-order valence-electron chi connectivity index (χ3n) is 4.25. The molecule has 2 aromatic rings. The molecular weight excluding hydrogens is 348 g/mol. The maximum absolute atomic E-state index is 12.2. The Bertz CT molecular complexity index is 781. The number of imidazole rings is 1. The van der Waals surface area contributed by atoms with Crippen LogP contribution >= 0.6 is 11.8 Å². The number of amides is 3. The average Bonchev–Trinajstić information content (AvgIpc) is 3.30. The SMILES string of the molecule is CC(Sc1nccn1-c1ccc(C(C)C)cc1)C(=O)NC(=O)NC1CC1. The van der Waals surface area contributed by atoms with Crippen molar-refractivity contribution in [1.29, 1.82) is 0 Å². The Labute approximate surface area is 157 Å². The van der Waals surface area contributed by atoms with Crippen LogP contribution in [0.3, 0.4) is 0 Å². The number of carbonyl (C=O) groups is 2. The molecule has 1 aliphatic carbocycles. The van der Waals surface area contributed by atoms with E-state index >= 15 is 0 Å². The molecule has 0 bridgehead atoms. The van der Waals surface area contributed by atoms with Crippen molar-refractivity contribution in [3.05, 3.63) is 42.2 Å². The van der Waals surface area contributed by atoms with Gasteiger partial charge in [0.2, 0.25) is 5.91 Å². The zero-order valence-electron chi connectivity index (χ0n) is 15.2. The Morgan fingerprint density at radius 1 is 1.19 bits per heavy atom. The second kappa shape index (κ2) is 7.95. The van der Waals surface area contributed by atoms with Crippen LogP contribution in [-0.2, 0) is 4.79 Å². The van der Waals surface area contributed by atoms with Crippen molar-refractivity contribution in [2.75, 3.05) is 0 Å². The van der Waals surface area contributed by atoms with Crippen LogP contribution in [0.1, 0.15) is 45.1 Å². The molecule has 2 N–H and O–H groups in total. The molecule has 0 radical (unpaired) electrons. The number of hydrogen-bond donors (Lipinski definition) is 2. The monoisotopic (exact) mass is 372 g/mol. The number of aromatic nitrogens is 2. The third-order valence-corrected chi connectivity index (χ3v) is 5.33. The lowest BCUT2D eigenvalue weighted by molar-refractivity contribution is -0.119. The molecule has 0 saturated heterocycles. The minimum atomic E-state index is -0.434. The first-order valence-corrected chi connectivity index (χ1v) is 9.73. The van der Waals surface area contributed by atoms with Crippen molar-refractivity contribution in [2.45, 2.75) is 56.0 Å². The third kappa shape index (κ3) is 4.66. The number of carbonyl (C=O) groups excluding carboxylic acids is 2. The normalized spacial score (nSPS) is 14.9. The molecule has 6 nitrogen and oxygen atoms in total. The summed E-state index contributed by atoms with van der Waals surface area (Å²) in [6, 6.07) is 8.11. The lowest BCUT2D eigenvalue weighted by Gasteiger charge is -2.13. The molecule has 1 heterocycles. The highest BCUT2D eigenvalue weighted by atomic mass is 32.2. The van der Waals surface area contributed by atoms with E-state index in [0.29, 0.717) is 11.1 Å². The van der Waals surface area contributed by atoms with E-state index in [1.165, 1.54) is 17.3 Å². The lowest BCUT2D eigenvalue weighted by atomic mass is 10.0. The molecule has 1 saturated carbocycles. The molecule has 3 amide bonds. The van der Waals surface area contributed by atoms with Gasteiger partial charge in [0.1, 0.15) is 0 Å². The lowest BCUT2D eigenvalue weighted by Crippen LogP contribution is -2.43. The van der Waals surface area contributed by atoms with Crippen molar-refractivity contribution in [1.82, 2.24) is 20.2 Å². The number of nitrogens with one attached hydrogen (secondary N) is 2. The van der Waals surface area contributed by atoms with Gasteiger partial charge in [-0.3, -0.25) is 14.7 Å². The zero-order chi connectivity index (χ0) is 18.7. The van der Waals surface area contributed by atoms with E-state index in [1.807, 2.05) is 10.8 Å². The minimum absolute atomic E-state index is 0.221.